The van der Waals surface area contributed by atoms with Crippen molar-refractivity contribution in [2.24, 2.45) is 0 Å². The van der Waals surface area contributed by atoms with Crippen LogP contribution < -0.4 is 5.11 Å². The van der Waals surface area contributed by atoms with Gasteiger partial charge in [-0.3, -0.25) is 0 Å². The van der Waals surface area contributed by atoms with Gasteiger partial charge >= 0.3 is 0 Å². The van der Waals surface area contributed by atoms with Crippen LogP contribution in [0.5, 0.6) is 0 Å². The van der Waals surface area contributed by atoms with Crippen molar-refractivity contribution in [1.29, 1.82) is 0 Å². The summed E-state index contributed by atoms with van der Waals surface area (Å²) in [5.74, 6) is -2.10. The maximum Gasteiger partial charge on any atom is 0.186 e. The molecule has 0 spiro atoms. The number of carbonyl (C=O) groups is 1. The van der Waals surface area contributed by atoms with Crippen LogP contribution in [0.3, 0.4) is 0 Å². The van der Waals surface area contributed by atoms with Crippen molar-refractivity contribution in [3.63, 3.8) is 0 Å². The Balaban J connectivity index is 3.28. The van der Waals surface area contributed by atoms with Crippen molar-refractivity contribution in [3.05, 3.63) is 10.7 Å². The second-order valence-corrected chi connectivity index (χ2v) is 4.39. The number of rotatable bonds is 1. The van der Waals surface area contributed by atoms with Crippen LogP contribution in [0.15, 0.2) is 10.7 Å². The number of ether oxygens (including phenoxy) is 1. The molecule has 5 nitrogen and oxygen atoms in total. The summed E-state index contributed by atoms with van der Waals surface area (Å²) in [7, 11) is -3.68. The van der Waals surface area contributed by atoms with Crippen molar-refractivity contribution in [1.82, 2.24) is 0 Å². The van der Waals surface area contributed by atoms with E-state index in [0.29, 0.717) is 0 Å². The topological polar surface area (TPSA) is 83.5 Å². The molecular weight excluding hydrogens is 184 g/mol. The monoisotopic (exact) mass is 191 g/mol. The van der Waals surface area contributed by atoms with Crippen molar-refractivity contribution >= 4 is 15.8 Å². The summed E-state index contributed by atoms with van der Waals surface area (Å²) < 4.78 is 26.9. The third-order valence-corrected chi connectivity index (χ3v) is 3.27. The lowest BCUT2D eigenvalue weighted by Gasteiger charge is -2.19. The first-order valence-electron chi connectivity index (χ1n) is 3.23. The molecule has 68 valence electrons. The van der Waals surface area contributed by atoms with Gasteiger partial charge in [0.1, 0.15) is 17.3 Å². The number of hydrogen-bond acceptors (Lipinski definition) is 5. The fourth-order valence-corrected chi connectivity index (χ4v) is 2.22. The number of carbonyl (C=O) groups excluding carboxylic acids is 1. The molecule has 1 rings (SSSR count). The minimum atomic E-state index is -3.68. The van der Waals surface area contributed by atoms with Crippen LogP contribution >= 0.6 is 0 Å². The summed E-state index contributed by atoms with van der Waals surface area (Å²) in [6, 6.07) is 0. The molecule has 0 aromatic rings. The molecule has 0 radical (unpaired) electrons. The molecule has 0 aliphatic carbocycles. The number of carboxylic acids is 1. The number of carboxylic acid groups (broad SMARTS) is 1. The summed E-state index contributed by atoms with van der Waals surface area (Å²) in [6.45, 7) is 1.30. The quantitative estimate of drug-likeness (QED) is 0.499. The van der Waals surface area contributed by atoms with Gasteiger partial charge in [-0.15, -0.1) is 0 Å². The molecule has 0 amide bonds. The standard InChI is InChI=1S/C6H8O5S/c1-4-5(6(7)8)12(9,10)3-2-11-4/h2-3H2,1H3,(H,7,8)/p-1. The lowest BCUT2D eigenvalue weighted by Crippen LogP contribution is -2.34. The van der Waals surface area contributed by atoms with Crippen LogP contribution in [0.1, 0.15) is 6.92 Å². The molecule has 0 aromatic heterocycles. The molecule has 0 bridgehead atoms. The Morgan fingerprint density at radius 3 is 2.50 bits per heavy atom. The predicted octanol–water partition coefficient (Wildman–Crippen LogP) is -1.59. The summed E-state index contributed by atoms with van der Waals surface area (Å²) in [5, 5.41) is 10.4. The van der Waals surface area contributed by atoms with Crippen molar-refractivity contribution in [2.75, 3.05) is 12.4 Å². The molecule has 12 heavy (non-hydrogen) atoms. The smallest absolute Gasteiger partial charge is 0.186 e. The van der Waals surface area contributed by atoms with Crippen molar-refractivity contribution < 1.29 is 23.1 Å². The van der Waals surface area contributed by atoms with Crippen LogP contribution in [-0.4, -0.2) is 26.7 Å². The lowest BCUT2D eigenvalue weighted by atomic mass is 10.5. The highest BCUT2D eigenvalue weighted by molar-refractivity contribution is 7.96. The molecule has 0 atom stereocenters. The SMILES string of the molecule is CC1=C(C(=O)[O-])S(=O)(=O)CCO1. The normalized spacial score (nSPS) is 21.8. The third-order valence-electron chi connectivity index (χ3n) is 1.49. The Labute approximate surface area is 69.6 Å². The highest BCUT2D eigenvalue weighted by atomic mass is 32.2. The van der Waals surface area contributed by atoms with Crippen LogP contribution in [0.25, 0.3) is 0 Å². The van der Waals surface area contributed by atoms with Gasteiger partial charge in [0.2, 0.25) is 0 Å². The Hall–Kier alpha value is -1.04. The molecular formula is C6H7O5S-. The number of allylic oxidation sites excluding steroid dienone is 1. The summed E-state index contributed by atoms with van der Waals surface area (Å²) in [6.07, 6.45) is 0. The Kier molecular flexibility index (Phi) is 2.10. The van der Waals surface area contributed by atoms with Gasteiger partial charge < -0.3 is 14.6 Å². The van der Waals surface area contributed by atoms with Crippen LogP contribution in [0, 0.1) is 0 Å². The van der Waals surface area contributed by atoms with E-state index in [0.717, 1.165) is 0 Å². The minimum Gasteiger partial charge on any atom is -0.544 e. The minimum absolute atomic E-state index is 0.00491. The molecule has 6 heteroatoms. The van der Waals surface area contributed by atoms with Gasteiger partial charge in [0.05, 0.1) is 11.7 Å². The van der Waals surface area contributed by atoms with E-state index in [9.17, 15) is 18.3 Å². The molecule has 1 heterocycles. The molecule has 1 aliphatic rings. The highest BCUT2D eigenvalue weighted by Crippen LogP contribution is 2.18. The summed E-state index contributed by atoms with van der Waals surface area (Å²) >= 11 is 0. The third kappa shape index (κ3) is 1.42. The van der Waals surface area contributed by atoms with E-state index in [4.69, 9.17) is 4.74 Å². The van der Waals surface area contributed by atoms with Gasteiger partial charge in [0.15, 0.2) is 9.84 Å². The lowest BCUT2D eigenvalue weighted by molar-refractivity contribution is -0.298. The van der Waals surface area contributed by atoms with E-state index in [2.05, 4.69) is 0 Å². The van der Waals surface area contributed by atoms with Gasteiger partial charge in [-0.2, -0.15) is 0 Å². The average molecular weight is 191 g/mol. The zero-order valence-electron chi connectivity index (χ0n) is 6.36. The first-order valence-corrected chi connectivity index (χ1v) is 4.88. The second-order valence-electron chi connectivity index (χ2n) is 2.34. The Morgan fingerprint density at radius 2 is 2.17 bits per heavy atom. The van der Waals surface area contributed by atoms with E-state index in [-0.39, 0.29) is 18.1 Å². The number of sulfone groups is 1. The van der Waals surface area contributed by atoms with Crippen LogP contribution in [0.2, 0.25) is 0 Å². The fourth-order valence-electron chi connectivity index (χ4n) is 0.962. The maximum absolute atomic E-state index is 11.1. The summed E-state index contributed by atoms with van der Waals surface area (Å²) in [4.78, 5) is 9.62. The number of aliphatic carboxylic acids is 1. The second kappa shape index (κ2) is 2.78. The van der Waals surface area contributed by atoms with E-state index >= 15 is 0 Å². The molecule has 0 saturated heterocycles. The van der Waals surface area contributed by atoms with Gasteiger partial charge in [0.25, 0.3) is 0 Å². The highest BCUT2D eigenvalue weighted by Gasteiger charge is 2.26. The first kappa shape index (κ1) is 9.05. The molecule has 1 aliphatic heterocycles. The number of hydrogen-bond donors (Lipinski definition) is 0. The zero-order valence-corrected chi connectivity index (χ0v) is 7.18. The maximum atomic E-state index is 11.1. The predicted molar refractivity (Wildman–Crippen MR) is 37.4 cm³/mol. The molecule has 0 unspecified atom stereocenters. The van der Waals surface area contributed by atoms with E-state index in [1.807, 2.05) is 0 Å². The van der Waals surface area contributed by atoms with Crippen LogP contribution in [-0.2, 0) is 19.4 Å². The Bertz CT molecular complexity index is 337. The summed E-state index contributed by atoms with van der Waals surface area (Å²) in [5.41, 5.74) is 0. The first-order chi connectivity index (χ1) is 5.45. The molecule has 0 aromatic carbocycles. The van der Waals surface area contributed by atoms with E-state index in [1.165, 1.54) is 6.92 Å². The van der Waals surface area contributed by atoms with Gasteiger partial charge in [-0.1, -0.05) is 0 Å². The molecule has 0 saturated carbocycles. The van der Waals surface area contributed by atoms with Crippen LogP contribution in [0.4, 0.5) is 0 Å². The van der Waals surface area contributed by atoms with Crippen molar-refractivity contribution in [3.8, 4) is 0 Å². The molecule has 0 N–H and O–H groups in total. The average Bonchev–Trinajstić information content (AvgIpc) is 1.82. The van der Waals surface area contributed by atoms with Gasteiger partial charge in [-0.05, 0) is 6.92 Å². The van der Waals surface area contributed by atoms with Gasteiger partial charge in [0, 0.05) is 0 Å². The largest absolute Gasteiger partial charge is 0.544 e. The van der Waals surface area contributed by atoms with E-state index in [1.54, 1.807) is 0 Å². The van der Waals surface area contributed by atoms with Crippen molar-refractivity contribution in [2.45, 2.75) is 6.92 Å². The van der Waals surface area contributed by atoms with E-state index < -0.39 is 20.7 Å². The van der Waals surface area contributed by atoms with Gasteiger partial charge in [-0.25, -0.2) is 8.42 Å². The molecule has 0 fully saturated rings. The Morgan fingerprint density at radius 1 is 1.58 bits per heavy atom. The fraction of sp³-hybridized carbons (Fsp3) is 0.500. The zero-order chi connectivity index (χ0) is 9.35.